The lowest BCUT2D eigenvalue weighted by Gasteiger charge is -2.26. The second-order valence-corrected chi connectivity index (χ2v) is 6.23. The van der Waals surface area contributed by atoms with E-state index in [1.165, 1.54) is 11.3 Å². The highest BCUT2D eigenvalue weighted by Crippen LogP contribution is 2.26. The van der Waals surface area contributed by atoms with Crippen molar-refractivity contribution in [3.8, 4) is 10.6 Å². The third-order valence-corrected chi connectivity index (χ3v) is 4.67. The molecule has 0 radical (unpaired) electrons. The van der Waals surface area contributed by atoms with E-state index in [0.717, 1.165) is 10.6 Å². The van der Waals surface area contributed by atoms with Crippen molar-refractivity contribution in [2.75, 3.05) is 6.54 Å². The molecule has 7 heteroatoms. The molecular weight excluding hydrogens is 308 g/mol. The Morgan fingerprint density at radius 3 is 2.76 bits per heavy atom. The molecule has 2 aromatic rings. The number of hydrogen-bond donors (Lipinski definition) is 1. The van der Waals surface area contributed by atoms with Crippen LogP contribution in [0.1, 0.15) is 30.8 Å². The highest BCUT2D eigenvalue weighted by molar-refractivity contribution is 7.14. The van der Waals surface area contributed by atoms with Crippen LogP contribution < -0.4 is 0 Å². The number of aliphatic carboxylic acids is 1. The Bertz CT molecular complexity index is 622. The van der Waals surface area contributed by atoms with E-state index in [-0.39, 0.29) is 18.4 Å². The minimum absolute atomic E-state index is 0.0683. The number of hydrogen-bond acceptors (Lipinski definition) is 5. The average Bonchev–Trinajstić information content (AvgIpc) is 3.09. The van der Waals surface area contributed by atoms with Gasteiger partial charge in [0, 0.05) is 28.9 Å². The van der Waals surface area contributed by atoms with Gasteiger partial charge in [0.25, 0.3) is 5.91 Å². The first-order chi connectivity index (χ1) is 10.0. The number of carbonyl (C=O) groups is 2. The number of carbonyl (C=O) groups excluding carboxylic acids is 1. The summed E-state index contributed by atoms with van der Waals surface area (Å²) in [5.74, 6) is -1.13. The van der Waals surface area contributed by atoms with Crippen LogP contribution in [-0.2, 0) is 4.79 Å². The molecule has 1 amide bonds. The Morgan fingerprint density at radius 2 is 2.19 bits per heavy atom. The van der Waals surface area contributed by atoms with E-state index in [1.54, 1.807) is 28.5 Å². The monoisotopic (exact) mass is 324 g/mol. The molecule has 0 aliphatic heterocycles. The number of amides is 1. The van der Waals surface area contributed by atoms with E-state index in [9.17, 15) is 9.59 Å². The molecule has 1 atom stereocenters. The van der Waals surface area contributed by atoms with E-state index >= 15 is 0 Å². The second kappa shape index (κ2) is 6.82. The number of carboxylic acid groups (broad SMARTS) is 1. The molecule has 0 spiro atoms. The van der Waals surface area contributed by atoms with Crippen molar-refractivity contribution < 1.29 is 14.7 Å². The van der Waals surface area contributed by atoms with Gasteiger partial charge in [-0.1, -0.05) is 0 Å². The Hall–Kier alpha value is -1.73. The van der Waals surface area contributed by atoms with Gasteiger partial charge in [0.1, 0.15) is 10.7 Å². The van der Waals surface area contributed by atoms with E-state index in [0.29, 0.717) is 12.2 Å². The number of rotatable bonds is 6. The molecule has 0 saturated carbocycles. The number of nitrogens with zero attached hydrogens (tertiary/aromatic N) is 2. The third kappa shape index (κ3) is 3.68. The SMILES string of the molecule is CCN(C(=O)c1csc(-c2ccsc2)n1)C(C)CC(=O)O. The number of carboxylic acids is 1. The highest BCUT2D eigenvalue weighted by Gasteiger charge is 2.24. The Morgan fingerprint density at radius 1 is 1.43 bits per heavy atom. The second-order valence-electron chi connectivity index (χ2n) is 4.59. The van der Waals surface area contributed by atoms with Crippen molar-refractivity contribution in [3.05, 3.63) is 27.9 Å². The van der Waals surface area contributed by atoms with Crippen LogP contribution in [0.2, 0.25) is 0 Å². The smallest absolute Gasteiger partial charge is 0.305 e. The Balaban J connectivity index is 2.16. The fraction of sp³-hybridized carbons (Fsp3) is 0.357. The van der Waals surface area contributed by atoms with Crippen molar-refractivity contribution in [2.45, 2.75) is 26.3 Å². The molecule has 0 aliphatic rings. The minimum Gasteiger partial charge on any atom is -0.481 e. The van der Waals surface area contributed by atoms with Crippen molar-refractivity contribution in [1.29, 1.82) is 0 Å². The number of thiophene rings is 1. The van der Waals surface area contributed by atoms with Crippen LogP contribution in [0.5, 0.6) is 0 Å². The fourth-order valence-electron chi connectivity index (χ4n) is 2.06. The van der Waals surface area contributed by atoms with Gasteiger partial charge in [-0.2, -0.15) is 11.3 Å². The first-order valence-electron chi connectivity index (χ1n) is 6.53. The van der Waals surface area contributed by atoms with Gasteiger partial charge in [0.05, 0.1) is 6.42 Å². The fourth-order valence-corrected chi connectivity index (χ4v) is 3.56. The maximum Gasteiger partial charge on any atom is 0.305 e. The van der Waals surface area contributed by atoms with Crippen LogP contribution >= 0.6 is 22.7 Å². The summed E-state index contributed by atoms with van der Waals surface area (Å²) in [4.78, 5) is 29.2. The third-order valence-electron chi connectivity index (χ3n) is 3.10. The molecule has 2 rings (SSSR count). The van der Waals surface area contributed by atoms with Crippen LogP contribution in [0.4, 0.5) is 0 Å². The van der Waals surface area contributed by atoms with Crippen molar-refractivity contribution in [2.24, 2.45) is 0 Å². The average molecular weight is 324 g/mol. The number of aromatic nitrogens is 1. The van der Waals surface area contributed by atoms with Gasteiger partial charge in [0.2, 0.25) is 0 Å². The van der Waals surface area contributed by atoms with E-state index in [1.807, 2.05) is 23.8 Å². The maximum atomic E-state index is 12.5. The van der Waals surface area contributed by atoms with Crippen molar-refractivity contribution >= 4 is 34.6 Å². The summed E-state index contributed by atoms with van der Waals surface area (Å²) in [6.07, 6.45) is -0.0683. The van der Waals surface area contributed by atoms with Crippen LogP contribution in [-0.4, -0.2) is 39.5 Å². The molecular formula is C14H16N2O3S2. The van der Waals surface area contributed by atoms with Gasteiger partial charge in [0.15, 0.2) is 0 Å². The molecule has 21 heavy (non-hydrogen) atoms. The van der Waals surface area contributed by atoms with Gasteiger partial charge in [-0.3, -0.25) is 9.59 Å². The van der Waals surface area contributed by atoms with Gasteiger partial charge >= 0.3 is 5.97 Å². The maximum absolute atomic E-state index is 12.5. The quantitative estimate of drug-likeness (QED) is 0.886. The zero-order chi connectivity index (χ0) is 15.4. The van der Waals surface area contributed by atoms with E-state index in [2.05, 4.69) is 4.98 Å². The minimum atomic E-state index is -0.911. The summed E-state index contributed by atoms with van der Waals surface area (Å²) >= 11 is 3.00. The molecule has 2 heterocycles. The zero-order valence-electron chi connectivity index (χ0n) is 11.8. The molecule has 5 nitrogen and oxygen atoms in total. The molecule has 112 valence electrons. The Labute approximate surface area is 130 Å². The van der Waals surface area contributed by atoms with Gasteiger partial charge in [-0.25, -0.2) is 4.98 Å². The zero-order valence-corrected chi connectivity index (χ0v) is 13.4. The van der Waals surface area contributed by atoms with Gasteiger partial charge < -0.3 is 10.0 Å². The van der Waals surface area contributed by atoms with Gasteiger partial charge in [-0.15, -0.1) is 11.3 Å². The normalized spacial score (nSPS) is 12.1. The lowest BCUT2D eigenvalue weighted by molar-refractivity contribution is -0.138. The van der Waals surface area contributed by atoms with Crippen LogP contribution in [0, 0.1) is 0 Å². The summed E-state index contributed by atoms with van der Waals surface area (Å²) in [7, 11) is 0. The molecule has 0 bridgehead atoms. The van der Waals surface area contributed by atoms with Crippen LogP contribution in [0.3, 0.4) is 0 Å². The molecule has 0 aliphatic carbocycles. The summed E-state index contributed by atoms with van der Waals surface area (Å²) in [6.45, 7) is 4.03. The standard InChI is InChI=1S/C14H16N2O3S2/c1-3-16(9(2)6-12(17)18)14(19)11-8-21-13(15-11)10-4-5-20-7-10/h4-5,7-9H,3,6H2,1-2H3,(H,17,18). The predicted octanol–water partition coefficient (Wildman–Crippen LogP) is 3.20. The molecule has 1 N–H and O–H groups in total. The topological polar surface area (TPSA) is 70.5 Å². The van der Waals surface area contributed by atoms with Crippen LogP contribution in [0.25, 0.3) is 10.6 Å². The lowest BCUT2D eigenvalue weighted by Crippen LogP contribution is -2.39. The van der Waals surface area contributed by atoms with Crippen molar-refractivity contribution in [3.63, 3.8) is 0 Å². The van der Waals surface area contributed by atoms with E-state index < -0.39 is 5.97 Å². The summed E-state index contributed by atoms with van der Waals surface area (Å²) < 4.78 is 0. The molecule has 2 aromatic heterocycles. The molecule has 0 saturated heterocycles. The first kappa shape index (κ1) is 15.7. The van der Waals surface area contributed by atoms with Gasteiger partial charge in [-0.05, 0) is 25.3 Å². The molecule has 1 unspecified atom stereocenters. The summed E-state index contributed by atoms with van der Waals surface area (Å²) in [6, 6.07) is 1.61. The van der Waals surface area contributed by atoms with Crippen molar-refractivity contribution in [1.82, 2.24) is 9.88 Å². The summed E-state index contributed by atoms with van der Waals surface area (Å²) in [5, 5.41) is 15.3. The lowest BCUT2D eigenvalue weighted by atomic mass is 10.2. The predicted molar refractivity (Wildman–Crippen MR) is 83.9 cm³/mol. The largest absolute Gasteiger partial charge is 0.481 e. The Kier molecular flexibility index (Phi) is 5.08. The number of thiazole rings is 1. The highest BCUT2D eigenvalue weighted by atomic mass is 32.1. The van der Waals surface area contributed by atoms with Crippen LogP contribution in [0.15, 0.2) is 22.2 Å². The molecule has 0 fully saturated rings. The summed E-state index contributed by atoms with van der Waals surface area (Å²) in [5.41, 5.74) is 1.38. The first-order valence-corrected chi connectivity index (χ1v) is 8.36. The van der Waals surface area contributed by atoms with E-state index in [4.69, 9.17) is 5.11 Å². The molecule has 0 aromatic carbocycles.